The zero-order valence-corrected chi connectivity index (χ0v) is 15.2. The third-order valence-corrected chi connectivity index (χ3v) is 4.21. The average molecular weight is 415 g/mol. The Kier molecular flexibility index (Phi) is 4.49. The molecule has 0 spiro atoms. The van der Waals surface area contributed by atoms with Gasteiger partial charge in [-0.3, -0.25) is 0 Å². The summed E-state index contributed by atoms with van der Waals surface area (Å²) in [5, 5.41) is 3.16. The lowest BCUT2D eigenvalue weighted by Crippen LogP contribution is -2.15. The molecule has 0 radical (unpaired) electrons. The SMILES string of the molecule is Nc1c(Nc2ccc3c(c2)OCCO3)ncnc1Oc1ccc(Br)cc1. The van der Waals surface area contributed by atoms with Crippen LogP contribution in [-0.2, 0) is 0 Å². The first-order valence-electron chi connectivity index (χ1n) is 7.89. The van der Waals surface area contributed by atoms with Gasteiger partial charge in [0, 0.05) is 16.2 Å². The number of nitrogens with two attached hydrogens (primary N) is 1. The zero-order valence-electron chi connectivity index (χ0n) is 13.6. The summed E-state index contributed by atoms with van der Waals surface area (Å²) in [7, 11) is 0. The number of anilines is 3. The molecule has 0 aliphatic carbocycles. The molecule has 2 heterocycles. The van der Waals surface area contributed by atoms with Gasteiger partial charge in [0.25, 0.3) is 0 Å². The maximum Gasteiger partial charge on any atom is 0.248 e. The van der Waals surface area contributed by atoms with Crippen molar-refractivity contribution in [1.82, 2.24) is 9.97 Å². The molecule has 0 atom stereocenters. The van der Waals surface area contributed by atoms with Gasteiger partial charge in [-0.05, 0) is 36.4 Å². The Morgan fingerprint density at radius 1 is 1.00 bits per heavy atom. The number of benzene rings is 2. The molecule has 7 nitrogen and oxygen atoms in total. The first-order valence-corrected chi connectivity index (χ1v) is 8.69. The highest BCUT2D eigenvalue weighted by atomic mass is 79.9. The van der Waals surface area contributed by atoms with E-state index < -0.39 is 0 Å². The molecular weight excluding hydrogens is 400 g/mol. The van der Waals surface area contributed by atoms with Gasteiger partial charge in [-0.1, -0.05) is 15.9 Å². The number of fused-ring (bicyclic) bond motifs is 1. The van der Waals surface area contributed by atoms with E-state index in [2.05, 4.69) is 31.2 Å². The van der Waals surface area contributed by atoms with E-state index in [1.165, 1.54) is 6.33 Å². The molecule has 26 heavy (non-hydrogen) atoms. The Morgan fingerprint density at radius 2 is 1.77 bits per heavy atom. The lowest BCUT2D eigenvalue weighted by Gasteiger charge is -2.19. The van der Waals surface area contributed by atoms with Crippen LogP contribution in [0.2, 0.25) is 0 Å². The predicted molar refractivity (Wildman–Crippen MR) is 101 cm³/mol. The molecule has 0 fully saturated rings. The van der Waals surface area contributed by atoms with Crippen LogP contribution >= 0.6 is 15.9 Å². The molecular formula is C18H15BrN4O3. The second-order valence-corrected chi connectivity index (χ2v) is 6.40. The Morgan fingerprint density at radius 3 is 2.58 bits per heavy atom. The highest BCUT2D eigenvalue weighted by Gasteiger charge is 2.14. The van der Waals surface area contributed by atoms with Crippen molar-refractivity contribution < 1.29 is 14.2 Å². The Balaban J connectivity index is 1.56. The molecule has 0 unspecified atom stereocenters. The molecule has 0 saturated carbocycles. The van der Waals surface area contributed by atoms with Crippen molar-refractivity contribution in [3.05, 3.63) is 53.3 Å². The molecule has 3 aromatic rings. The molecule has 132 valence electrons. The minimum Gasteiger partial charge on any atom is -0.486 e. The van der Waals surface area contributed by atoms with Crippen LogP contribution in [0.1, 0.15) is 0 Å². The lowest BCUT2D eigenvalue weighted by atomic mass is 10.2. The van der Waals surface area contributed by atoms with Crippen LogP contribution in [0.25, 0.3) is 0 Å². The molecule has 8 heteroatoms. The summed E-state index contributed by atoms with van der Waals surface area (Å²) < 4.78 is 17.8. The number of nitrogen functional groups attached to an aromatic ring is 1. The number of hydrogen-bond acceptors (Lipinski definition) is 7. The van der Waals surface area contributed by atoms with E-state index in [1.54, 1.807) is 0 Å². The molecule has 1 aliphatic rings. The van der Waals surface area contributed by atoms with Crippen LogP contribution in [0.3, 0.4) is 0 Å². The largest absolute Gasteiger partial charge is 0.486 e. The van der Waals surface area contributed by atoms with E-state index in [0.29, 0.717) is 36.2 Å². The molecule has 0 bridgehead atoms. The topological polar surface area (TPSA) is 91.5 Å². The van der Waals surface area contributed by atoms with Gasteiger partial charge in [-0.15, -0.1) is 0 Å². The van der Waals surface area contributed by atoms with Crippen LogP contribution in [0.4, 0.5) is 17.2 Å². The fraction of sp³-hybridized carbons (Fsp3) is 0.111. The van der Waals surface area contributed by atoms with E-state index in [-0.39, 0.29) is 5.88 Å². The van der Waals surface area contributed by atoms with Crippen molar-refractivity contribution in [2.45, 2.75) is 0 Å². The van der Waals surface area contributed by atoms with Crippen LogP contribution in [0.15, 0.2) is 53.3 Å². The minimum absolute atomic E-state index is 0.280. The summed E-state index contributed by atoms with van der Waals surface area (Å²) in [5.41, 5.74) is 7.25. The summed E-state index contributed by atoms with van der Waals surface area (Å²) in [6.45, 7) is 1.08. The van der Waals surface area contributed by atoms with Gasteiger partial charge in [0.05, 0.1) is 0 Å². The van der Waals surface area contributed by atoms with Crippen LogP contribution < -0.4 is 25.3 Å². The predicted octanol–water partition coefficient (Wildman–Crippen LogP) is 4.13. The van der Waals surface area contributed by atoms with E-state index in [0.717, 1.165) is 15.9 Å². The molecule has 0 saturated heterocycles. The minimum atomic E-state index is 0.280. The summed E-state index contributed by atoms with van der Waals surface area (Å²) >= 11 is 3.39. The first-order chi connectivity index (χ1) is 12.7. The number of rotatable bonds is 4. The van der Waals surface area contributed by atoms with Gasteiger partial charge in [-0.25, -0.2) is 4.98 Å². The Bertz CT molecular complexity index is 934. The highest BCUT2D eigenvalue weighted by Crippen LogP contribution is 2.35. The van der Waals surface area contributed by atoms with Crippen LogP contribution in [0.5, 0.6) is 23.1 Å². The van der Waals surface area contributed by atoms with E-state index in [1.807, 2.05) is 42.5 Å². The highest BCUT2D eigenvalue weighted by molar-refractivity contribution is 9.10. The number of nitrogens with one attached hydrogen (secondary N) is 1. The standard InChI is InChI=1S/C18H15BrN4O3/c19-11-1-4-13(5-2-11)26-18-16(20)17(21-10-22-18)23-12-3-6-14-15(9-12)25-8-7-24-14/h1-6,9-10H,7-8,20H2,(H,21,22,23). The molecule has 1 aromatic heterocycles. The third-order valence-electron chi connectivity index (χ3n) is 3.68. The van der Waals surface area contributed by atoms with Gasteiger partial charge in [0.1, 0.15) is 31.0 Å². The van der Waals surface area contributed by atoms with Gasteiger partial charge < -0.3 is 25.3 Å². The normalized spacial score (nSPS) is 12.5. The number of ether oxygens (including phenoxy) is 3. The second-order valence-electron chi connectivity index (χ2n) is 5.48. The maximum atomic E-state index is 6.17. The van der Waals surface area contributed by atoms with Crippen molar-refractivity contribution >= 4 is 33.1 Å². The Labute approximate surface area is 158 Å². The number of nitrogens with zero attached hydrogens (tertiary/aromatic N) is 2. The van der Waals surface area contributed by atoms with Gasteiger partial charge in [-0.2, -0.15) is 4.98 Å². The van der Waals surface area contributed by atoms with Gasteiger partial charge >= 0.3 is 0 Å². The molecule has 3 N–H and O–H groups in total. The van der Waals surface area contributed by atoms with Crippen molar-refractivity contribution in [2.75, 3.05) is 24.3 Å². The van der Waals surface area contributed by atoms with Crippen molar-refractivity contribution in [3.8, 4) is 23.1 Å². The van der Waals surface area contributed by atoms with Gasteiger partial charge in [0.2, 0.25) is 5.88 Å². The first kappa shape index (κ1) is 16.5. The fourth-order valence-corrected chi connectivity index (χ4v) is 2.70. The van der Waals surface area contributed by atoms with E-state index in [9.17, 15) is 0 Å². The third kappa shape index (κ3) is 3.50. The van der Waals surface area contributed by atoms with Crippen molar-refractivity contribution in [2.24, 2.45) is 0 Å². The zero-order chi connectivity index (χ0) is 17.9. The average Bonchev–Trinajstić information content (AvgIpc) is 2.67. The fourth-order valence-electron chi connectivity index (χ4n) is 2.43. The monoisotopic (exact) mass is 414 g/mol. The molecule has 2 aromatic carbocycles. The number of halogens is 1. The number of aromatic nitrogens is 2. The van der Waals surface area contributed by atoms with E-state index in [4.69, 9.17) is 19.9 Å². The summed E-state index contributed by atoms with van der Waals surface area (Å²) in [6, 6.07) is 12.9. The summed E-state index contributed by atoms with van der Waals surface area (Å²) in [4.78, 5) is 8.31. The summed E-state index contributed by atoms with van der Waals surface area (Å²) in [5.74, 6) is 2.76. The molecule has 1 aliphatic heterocycles. The molecule has 4 rings (SSSR count). The van der Waals surface area contributed by atoms with Crippen LogP contribution in [0, 0.1) is 0 Å². The Hall–Kier alpha value is -3.00. The van der Waals surface area contributed by atoms with E-state index >= 15 is 0 Å². The van der Waals surface area contributed by atoms with Gasteiger partial charge in [0.15, 0.2) is 17.3 Å². The van der Waals surface area contributed by atoms with Crippen molar-refractivity contribution in [1.29, 1.82) is 0 Å². The van der Waals surface area contributed by atoms with Crippen LogP contribution in [-0.4, -0.2) is 23.2 Å². The molecule has 0 amide bonds. The lowest BCUT2D eigenvalue weighted by molar-refractivity contribution is 0.171. The quantitative estimate of drug-likeness (QED) is 0.662. The smallest absolute Gasteiger partial charge is 0.248 e. The van der Waals surface area contributed by atoms with Crippen molar-refractivity contribution in [3.63, 3.8) is 0 Å². The number of hydrogen-bond donors (Lipinski definition) is 2. The second kappa shape index (κ2) is 7.09. The summed E-state index contributed by atoms with van der Waals surface area (Å²) in [6.07, 6.45) is 1.39. The maximum absolute atomic E-state index is 6.17.